The molecule has 1 atom stereocenters. The second-order valence-corrected chi connectivity index (χ2v) is 10.7. The van der Waals surface area contributed by atoms with Gasteiger partial charge in [0.2, 0.25) is 6.79 Å². The summed E-state index contributed by atoms with van der Waals surface area (Å²) in [5, 5.41) is 13.7. The number of tetrazole rings is 1. The summed E-state index contributed by atoms with van der Waals surface area (Å²) in [5.41, 5.74) is 3.39. The monoisotopic (exact) mass is 502 g/mol. The largest absolute Gasteiger partial charge is 0.454 e. The number of pyridine rings is 1. The Bertz CT molecular complexity index is 1450. The third-order valence-corrected chi connectivity index (χ3v) is 6.72. The van der Waals surface area contributed by atoms with Gasteiger partial charge in [-0.25, -0.2) is 4.68 Å². The molecule has 2 aromatic heterocycles. The topological polar surface area (TPSA) is 98.2 Å². The van der Waals surface area contributed by atoms with Crippen molar-refractivity contribution in [3.05, 3.63) is 75.3 Å². The molecule has 194 valence electrons. The van der Waals surface area contributed by atoms with Crippen molar-refractivity contribution in [2.45, 2.75) is 72.1 Å². The van der Waals surface area contributed by atoms with Crippen LogP contribution in [-0.4, -0.2) is 36.9 Å². The number of benzene rings is 2. The average Bonchev–Trinajstić information content (AvgIpc) is 3.52. The van der Waals surface area contributed by atoms with Crippen LogP contribution in [0.3, 0.4) is 0 Å². The van der Waals surface area contributed by atoms with Gasteiger partial charge in [-0.2, -0.15) is 0 Å². The van der Waals surface area contributed by atoms with Crippen molar-refractivity contribution in [1.82, 2.24) is 30.1 Å². The summed E-state index contributed by atoms with van der Waals surface area (Å²) in [4.78, 5) is 18.6. The number of nitrogens with zero attached hydrogens (tertiary/aromatic N) is 5. The molecule has 2 aromatic carbocycles. The van der Waals surface area contributed by atoms with Crippen LogP contribution >= 0.6 is 0 Å². The van der Waals surface area contributed by atoms with Crippen molar-refractivity contribution < 1.29 is 9.47 Å². The normalized spacial score (nSPS) is 14.0. The lowest BCUT2D eigenvalue weighted by atomic mass is 10.0. The van der Waals surface area contributed by atoms with E-state index in [9.17, 15) is 4.79 Å². The Hall–Kier alpha value is -3.72. The van der Waals surface area contributed by atoms with Crippen LogP contribution in [0.5, 0.6) is 11.5 Å². The molecule has 0 bridgehead atoms. The van der Waals surface area contributed by atoms with Gasteiger partial charge in [-0.3, -0.25) is 9.69 Å². The second kappa shape index (κ2) is 9.97. The van der Waals surface area contributed by atoms with Crippen LogP contribution < -0.4 is 15.0 Å². The zero-order valence-corrected chi connectivity index (χ0v) is 22.1. The van der Waals surface area contributed by atoms with E-state index in [-0.39, 0.29) is 23.9 Å². The quantitative estimate of drug-likeness (QED) is 0.368. The molecule has 0 amide bonds. The SMILES string of the molecule is CCC[C@@H](c1nnnn1C(C)(C)C)N(Cc1ccc(C)cc1)Cc1cc2cc3c(cc2[nH]c1=O)OCO3. The van der Waals surface area contributed by atoms with Crippen LogP contribution in [0.2, 0.25) is 0 Å². The summed E-state index contributed by atoms with van der Waals surface area (Å²) in [6.45, 7) is 11.8. The number of rotatable bonds is 8. The number of nitrogens with one attached hydrogen (secondary N) is 1. The van der Waals surface area contributed by atoms with Crippen molar-refractivity contribution in [2.75, 3.05) is 6.79 Å². The number of hydrogen-bond donors (Lipinski definition) is 1. The molecule has 0 saturated heterocycles. The first-order valence-corrected chi connectivity index (χ1v) is 12.8. The molecule has 1 aliphatic rings. The van der Waals surface area contributed by atoms with Gasteiger partial charge in [-0.05, 0) is 62.2 Å². The molecular formula is C28H34N6O3. The molecule has 0 fully saturated rings. The lowest BCUT2D eigenvalue weighted by molar-refractivity contribution is 0.148. The average molecular weight is 503 g/mol. The van der Waals surface area contributed by atoms with Gasteiger partial charge in [0, 0.05) is 30.1 Å². The Morgan fingerprint density at radius 3 is 2.51 bits per heavy atom. The molecule has 3 heterocycles. The molecule has 9 heteroatoms. The van der Waals surface area contributed by atoms with Gasteiger partial charge in [-0.1, -0.05) is 43.2 Å². The Morgan fingerprint density at radius 2 is 1.81 bits per heavy atom. The fourth-order valence-electron chi connectivity index (χ4n) is 4.81. The van der Waals surface area contributed by atoms with Crippen LogP contribution in [0.15, 0.2) is 47.3 Å². The van der Waals surface area contributed by atoms with E-state index in [1.165, 1.54) is 11.1 Å². The third kappa shape index (κ3) is 5.22. The molecule has 0 aliphatic carbocycles. The minimum Gasteiger partial charge on any atom is -0.454 e. The predicted molar refractivity (Wildman–Crippen MR) is 142 cm³/mol. The van der Waals surface area contributed by atoms with Crippen molar-refractivity contribution in [1.29, 1.82) is 0 Å². The summed E-state index contributed by atoms with van der Waals surface area (Å²) in [6.07, 6.45) is 1.80. The van der Waals surface area contributed by atoms with Crippen LogP contribution in [0, 0.1) is 6.92 Å². The third-order valence-electron chi connectivity index (χ3n) is 6.72. The summed E-state index contributed by atoms with van der Waals surface area (Å²) in [5.74, 6) is 2.14. The molecule has 5 rings (SSSR count). The number of aryl methyl sites for hydroxylation is 1. The first-order chi connectivity index (χ1) is 17.7. The smallest absolute Gasteiger partial charge is 0.252 e. The van der Waals surface area contributed by atoms with E-state index in [4.69, 9.17) is 9.47 Å². The minimum atomic E-state index is -0.275. The van der Waals surface area contributed by atoms with E-state index < -0.39 is 0 Å². The van der Waals surface area contributed by atoms with Crippen LogP contribution in [0.4, 0.5) is 0 Å². The van der Waals surface area contributed by atoms with Gasteiger partial charge in [0.1, 0.15) is 0 Å². The summed E-state index contributed by atoms with van der Waals surface area (Å²) in [6, 6.07) is 14.1. The Labute approximate surface area is 216 Å². The number of H-pyrrole nitrogens is 1. The number of ether oxygens (including phenoxy) is 2. The first kappa shape index (κ1) is 25.0. The highest BCUT2D eigenvalue weighted by atomic mass is 16.7. The van der Waals surface area contributed by atoms with Crippen LogP contribution in [0.25, 0.3) is 10.9 Å². The summed E-state index contributed by atoms with van der Waals surface area (Å²) >= 11 is 0. The lowest BCUT2D eigenvalue weighted by Crippen LogP contribution is -2.35. The minimum absolute atomic E-state index is 0.0765. The van der Waals surface area contributed by atoms with E-state index in [0.29, 0.717) is 30.2 Å². The molecule has 0 spiro atoms. The Balaban J connectivity index is 1.57. The first-order valence-electron chi connectivity index (χ1n) is 12.8. The lowest BCUT2D eigenvalue weighted by Gasteiger charge is -2.33. The molecule has 1 aliphatic heterocycles. The highest BCUT2D eigenvalue weighted by Crippen LogP contribution is 2.36. The maximum Gasteiger partial charge on any atom is 0.252 e. The second-order valence-electron chi connectivity index (χ2n) is 10.7. The zero-order chi connectivity index (χ0) is 26.2. The van der Waals surface area contributed by atoms with E-state index in [2.05, 4.69) is 84.3 Å². The van der Waals surface area contributed by atoms with Crippen LogP contribution in [-0.2, 0) is 18.6 Å². The van der Waals surface area contributed by atoms with E-state index >= 15 is 0 Å². The van der Waals surface area contributed by atoms with Crippen LogP contribution in [0.1, 0.15) is 69.1 Å². The van der Waals surface area contributed by atoms with Gasteiger partial charge in [0.25, 0.3) is 5.56 Å². The summed E-state index contributed by atoms with van der Waals surface area (Å²) in [7, 11) is 0. The molecular weight excluding hydrogens is 468 g/mol. The van der Waals surface area contributed by atoms with Crippen molar-refractivity contribution >= 4 is 10.9 Å². The predicted octanol–water partition coefficient (Wildman–Crippen LogP) is 4.85. The van der Waals surface area contributed by atoms with Crippen molar-refractivity contribution in [2.24, 2.45) is 0 Å². The molecule has 0 unspecified atom stereocenters. The van der Waals surface area contributed by atoms with Gasteiger partial charge in [0.15, 0.2) is 17.3 Å². The van der Waals surface area contributed by atoms with Crippen molar-refractivity contribution in [3.63, 3.8) is 0 Å². The van der Waals surface area contributed by atoms with Gasteiger partial charge >= 0.3 is 0 Å². The number of aromatic amines is 1. The zero-order valence-electron chi connectivity index (χ0n) is 22.1. The standard InChI is InChI=1S/C28H34N6O3/c1-6-7-23(26-30-31-32-34(26)28(3,4)5)33(15-19-10-8-18(2)9-11-19)16-21-12-20-13-24-25(37-17-36-24)14-22(20)29-27(21)35/h8-14,23H,6-7,15-17H2,1-5H3,(H,29,35)/t23-/m0/s1. The number of aromatic nitrogens is 5. The van der Waals surface area contributed by atoms with E-state index in [1.807, 2.05) is 22.9 Å². The Morgan fingerprint density at radius 1 is 1.08 bits per heavy atom. The fourth-order valence-corrected chi connectivity index (χ4v) is 4.81. The van der Waals surface area contributed by atoms with E-state index in [0.717, 1.165) is 29.6 Å². The highest BCUT2D eigenvalue weighted by molar-refractivity contribution is 5.83. The van der Waals surface area contributed by atoms with Gasteiger partial charge in [0.05, 0.1) is 17.1 Å². The van der Waals surface area contributed by atoms with Gasteiger partial charge < -0.3 is 14.5 Å². The molecule has 4 aromatic rings. The van der Waals surface area contributed by atoms with E-state index in [1.54, 1.807) is 0 Å². The molecule has 37 heavy (non-hydrogen) atoms. The molecule has 0 radical (unpaired) electrons. The number of fused-ring (bicyclic) bond motifs is 2. The maximum atomic E-state index is 13.3. The molecule has 0 saturated carbocycles. The maximum absolute atomic E-state index is 13.3. The number of hydrogen-bond acceptors (Lipinski definition) is 7. The molecule has 9 nitrogen and oxygen atoms in total. The highest BCUT2D eigenvalue weighted by Gasteiger charge is 2.30. The fraction of sp³-hybridized carbons (Fsp3) is 0.429. The summed E-state index contributed by atoms with van der Waals surface area (Å²) < 4.78 is 12.9. The van der Waals surface area contributed by atoms with Crippen molar-refractivity contribution in [3.8, 4) is 11.5 Å². The molecule has 1 N–H and O–H groups in total. The van der Waals surface area contributed by atoms with Gasteiger partial charge in [-0.15, -0.1) is 5.10 Å². The Kier molecular flexibility index (Phi) is 6.72.